The molecule has 0 fully saturated rings. The standard InChI is InChI=1S/C15H19N3O4/c1-4-18-9-11(14(17-18)15(19)20)16-8-10-5-6-12(21-2)13(7-10)22-3/h5-7,9,16H,4,8H2,1-3H3,(H,19,20). The van der Waals surface area contributed by atoms with Crippen molar-refractivity contribution < 1.29 is 19.4 Å². The largest absolute Gasteiger partial charge is 0.493 e. The second kappa shape index (κ2) is 6.84. The van der Waals surface area contributed by atoms with E-state index in [0.29, 0.717) is 30.3 Å². The first-order valence-electron chi connectivity index (χ1n) is 6.84. The molecule has 0 aliphatic heterocycles. The Labute approximate surface area is 128 Å². The normalized spacial score (nSPS) is 10.3. The average Bonchev–Trinajstić information content (AvgIpc) is 2.96. The summed E-state index contributed by atoms with van der Waals surface area (Å²) in [4.78, 5) is 11.2. The van der Waals surface area contributed by atoms with Crippen LogP contribution in [0.5, 0.6) is 11.5 Å². The number of carbonyl (C=O) groups is 1. The molecule has 2 N–H and O–H groups in total. The van der Waals surface area contributed by atoms with E-state index in [2.05, 4.69) is 10.4 Å². The Balaban J connectivity index is 2.16. The van der Waals surface area contributed by atoms with E-state index in [1.165, 1.54) is 0 Å². The van der Waals surface area contributed by atoms with E-state index >= 15 is 0 Å². The van der Waals surface area contributed by atoms with Gasteiger partial charge in [0.15, 0.2) is 17.2 Å². The highest BCUT2D eigenvalue weighted by Gasteiger charge is 2.15. The summed E-state index contributed by atoms with van der Waals surface area (Å²) < 4.78 is 12.0. The Morgan fingerprint density at radius 2 is 2.05 bits per heavy atom. The second-order valence-electron chi connectivity index (χ2n) is 4.60. The van der Waals surface area contributed by atoms with Crippen LogP contribution in [0.25, 0.3) is 0 Å². The minimum absolute atomic E-state index is 0.0160. The summed E-state index contributed by atoms with van der Waals surface area (Å²) in [5.74, 6) is 0.225. The third kappa shape index (κ3) is 3.30. The van der Waals surface area contributed by atoms with Crippen molar-refractivity contribution in [2.24, 2.45) is 0 Å². The molecule has 0 saturated heterocycles. The number of anilines is 1. The molecule has 1 heterocycles. The lowest BCUT2D eigenvalue weighted by Gasteiger charge is -2.10. The summed E-state index contributed by atoms with van der Waals surface area (Å²) >= 11 is 0. The highest BCUT2D eigenvalue weighted by atomic mass is 16.5. The fourth-order valence-electron chi connectivity index (χ4n) is 2.06. The number of ether oxygens (including phenoxy) is 2. The molecule has 22 heavy (non-hydrogen) atoms. The molecule has 0 radical (unpaired) electrons. The van der Waals surface area contributed by atoms with Gasteiger partial charge in [-0.2, -0.15) is 5.10 Å². The van der Waals surface area contributed by atoms with Gasteiger partial charge in [0.25, 0.3) is 0 Å². The summed E-state index contributed by atoms with van der Waals surface area (Å²) in [6, 6.07) is 5.54. The Kier molecular flexibility index (Phi) is 4.88. The molecular formula is C15H19N3O4. The van der Waals surface area contributed by atoms with E-state index < -0.39 is 5.97 Å². The maximum Gasteiger partial charge on any atom is 0.358 e. The van der Waals surface area contributed by atoms with Gasteiger partial charge in [0.05, 0.1) is 19.9 Å². The predicted octanol–water partition coefficient (Wildman–Crippen LogP) is 2.23. The van der Waals surface area contributed by atoms with Crippen LogP contribution < -0.4 is 14.8 Å². The number of nitrogens with zero attached hydrogens (tertiary/aromatic N) is 2. The number of hydrogen-bond acceptors (Lipinski definition) is 5. The molecule has 7 nitrogen and oxygen atoms in total. The molecule has 0 bridgehead atoms. The van der Waals surface area contributed by atoms with Gasteiger partial charge in [0.2, 0.25) is 0 Å². The Bertz CT molecular complexity index is 667. The van der Waals surface area contributed by atoms with Gasteiger partial charge in [-0.3, -0.25) is 4.68 Å². The van der Waals surface area contributed by atoms with Crippen molar-refractivity contribution in [2.75, 3.05) is 19.5 Å². The van der Waals surface area contributed by atoms with Crippen LogP contribution in [0.1, 0.15) is 23.0 Å². The molecule has 1 aromatic heterocycles. The molecule has 7 heteroatoms. The molecule has 0 spiro atoms. The van der Waals surface area contributed by atoms with Gasteiger partial charge >= 0.3 is 5.97 Å². The fourth-order valence-corrected chi connectivity index (χ4v) is 2.06. The summed E-state index contributed by atoms with van der Waals surface area (Å²) in [6.07, 6.45) is 1.68. The first-order chi connectivity index (χ1) is 10.6. The van der Waals surface area contributed by atoms with E-state index in [4.69, 9.17) is 14.6 Å². The first-order valence-corrected chi connectivity index (χ1v) is 6.84. The molecule has 1 aromatic carbocycles. The number of carboxylic acid groups (broad SMARTS) is 1. The van der Waals surface area contributed by atoms with Gasteiger partial charge in [-0.25, -0.2) is 4.79 Å². The minimum Gasteiger partial charge on any atom is -0.493 e. The fraction of sp³-hybridized carbons (Fsp3) is 0.333. The number of hydrogen-bond donors (Lipinski definition) is 2. The summed E-state index contributed by atoms with van der Waals surface area (Å²) in [5.41, 5.74) is 1.45. The van der Waals surface area contributed by atoms with E-state index in [0.717, 1.165) is 5.56 Å². The van der Waals surface area contributed by atoms with Crippen molar-refractivity contribution in [3.8, 4) is 11.5 Å². The van der Waals surface area contributed by atoms with E-state index in [-0.39, 0.29) is 5.69 Å². The third-order valence-corrected chi connectivity index (χ3v) is 3.22. The first kappa shape index (κ1) is 15.7. The van der Waals surface area contributed by atoms with Crippen LogP contribution in [0, 0.1) is 0 Å². The van der Waals surface area contributed by atoms with Crippen LogP contribution in [-0.2, 0) is 13.1 Å². The van der Waals surface area contributed by atoms with Crippen LogP contribution in [0.2, 0.25) is 0 Å². The number of aryl methyl sites for hydroxylation is 1. The van der Waals surface area contributed by atoms with Crippen LogP contribution in [0.3, 0.4) is 0 Å². The number of benzene rings is 1. The molecule has 0 saturated carbocycles. The lowest BCUT2D eigenvalue weighted by atomic mass is 10.2. The highest BCUT2D eigenvalue weighted by molar-refractivity contribution is 5.91. The van der Waals surface area contributed by atoms with Crippen molar-refractivity contribution in [1.82, 2.24) is 9.78 Å². The van der Waals surface area contributed by atoms with Gasteiger partial charge in [-0.1, -0.05) is 6.07 Å². The summed E-state index contributed by atoms with van der Waals surface area (Å²) in [5, 5.41) is 16.3. The maximum absolute atomic E-state index is 11.2. The molecule has 2 rings (SSSR count). The number of carboxylic acids is 1. The number of aromatic carboxylic acids is 1. The van der Waals surface area contributed by atoms with Gasteiger partial charge in [0, 0.05) is 19.3 Å². The molecule has 0 amide bonds. The van der Waals surface area contributed by atoms with Crippen molar-refractivity contribution in [1.29, 1.82) is 0 Å². The van der Waals surface area contributed by atoms with Crippen LogP contribution >= 0.6 is 0 Å². The van der Waals surface area contributed by atoms with Crippen LogP contribution in [-0.4, -0.2) is 35.1 Å². The third-order valence-electron chi connectivity index (χ3n) is 3.22. The lowest BCUT2D eigenvalue weighted by Crippen LogP contribution is -2.06. The van der Waals surface area contributed by atoms with E-state index in [1.54, 1.807) is 25.1 Å². The number of methoxy groups -OCH3 is 2. The minimum atomic E-state index is -1.05. The van der Waals surface area contributed by atoms with Crippen LogP contribution in [0.4, 0.5) is 5.69 Å². The number of rotatable bonds is 7. The predicted molar refractivity (Wildman–Crippen MR) is 81.7 cm³/mol. The van der Waals surface area contributed by atoms with E-state index in [9.17, 15) is 4.79 Å². The summed E-state index contributed by atoms with van der Waals surface area (Å²) in [6.45, 7) is 2.96. The van der Waals surface area contributed by atoms with Crippen molar-refractivity contribution >= 4 is 11.7 Å². The Morgan fingerprint density at radius 1 is 1.32 bits per heavy atom. The molecule has 0 aliphatic rings. The van der Waals surface area contributed by atoms with Gasteiger partial charge in [0.1, 0.15) is 0 Å². The van der Waals surface area contributed by atoms with Crippen LogP contribution in [0.15, 0.2) is 24.4 Å². The summed E-state index contributed by atoms with van der Waals surface area (Å²) in [7, 11) is 3.15. The number of aromatic nitrogens is 2. The second-order valence-corrected chi connectivity index (χ2v) is 4.60. The molecule has 118 valence electrons. The van der Waals surface area contributed by atoms with Gasteiger partial charge in [-0.15, -0.1) is 0 Å². The smallest absolute Gasteiger partial charge is 0.358 e. The molecule has 2 aromatic rings. The SMILES string of the molecule is CCn1cc(NCc2ccc(OC)c(OC)c2)c(C(=O)O)n1. The quantitative estimate of drug-likeness (QED) is 0.816. The molecule has 0 atom stereocenters. The number of nitrogens with one attached hydrogen (secondary N) is 1. The van der Waals surface area contributed by atoms with Crippen molar-refractivity contribution in [3.05, 3.63) is 35.7 Å². The highest BCUT2D eigenvalue weighted by Crippen LogP contribution is 2.28. The zero-order valence-electron chi connectivity index (χ0n) is 12.8. The Hall–Kier alpha value is -2.70. The zero-order valence-corrected chi connectivity index (χ0v) is 12.8. The van der Waals surface area contributed by atoms with Crippen molar-refractivity contribution in [3.63, 3.8) is 0 Å². The average molecular weight is 305 g/mol. The molecule has 0 unspecified atom stereocenters. The maximum atomic E-state index is 11.2. The van der Waals surface area contributed by atoms with Crippen molar-refractivity contribution in [2.45, 2.75) is 20.0 Å². The molecule has 0 aliphatic carbocycles. The van der Waals surface area contributed by atoms with Gasteiger partial charge < -0.3 is 19.9 Å². The zero-order chi connectivity index (χ0) is 16.1. The lowest BCUT2D eigenvalue weighted by molar-refractivity contribution is 0.0690. The molecular weight excluding hydrogens is 286 g/mol. The monoisotopic (exact) mass is 305 g/mol. The Morgan fingerprint density at radius 3 is 2.64 bits per heavy atom. The van der Waals surface area contributed by atoms with E-state index in [1.807, 2.05) is 25.1 Å². The topological polar surface area (TPSA) is 85.6 Å². The van der Waals surface area contributed by atoms with Gasteiger partial charge in [-0.05, 0) is 24.6 Å².